The van der Waals surface area contributed by atoms with E-state index in [4.69, 9.17) is 9.47 Å². The Kier molecular flexibility index (Phi) is 4.33. The fraction of sp³-hybridized carbons (Fsp3) is 0.565. The van der Waals surface area contributed by atoms with Crippen LogP contribution in [0.25, 0.3) is 0 Å². The van der Waals surface area contributed by atoms with Crippen LogP contribution in [-0.2, 0) is 12.0 Å². The molecule has 1 aromatic heterocycles. The molecule has 1 spiro atoms. The molecule has 2 aliphatic heterocycles. The Labute approximate surface area is 171 Å². The lowest BCUT2D eigenvalue weighted by Crippen LogP contribution is -2.49. The molecule has 3 heterocycles. The van der Waals surface area contributed by atoms with Gasteiger partial charge in [0.25, 0.3) is 5.91 Å². The van der Waals surface area contributed by atoms with Crippen molar-refractivity contribution in [2.24, 2.45) is 0 Å². The number of amides is 1. The van der Waals surface area contributed by atoms with Gasteiger partial charge in [-0.25, -0.2) is 0 Å². The number of nitrogens with zero attached hydrogens (tertiary/aromatic N) is 3. The minimum Gasteiger partial charge on any atom is -0.486 e. The SMILES string of the molecule is CCn1nc(C)cc1C(=O)N1CC2(CCCC2)c2cc3c(cc2C1C)OCCO3. The van der Waals surface area contributed by atoms with E-state index < -0.39 is 0 Å². The van der Waals surface area contributed by atoms with Gasteiger partial charge in [0, 0.05) is 18.5 Å². The molecule has 0 bridgehead atoms. The molecule has 1 fully saturated rings. The van der Waals surface area contributed by atoms with Crippen molar-refractivity contribution in [3.63, 3.8) is 0 Å². The molecule has 6 heteroatoms. The first kappa shape index (κ1) is 18.5. The van der Waals surface area contributed by atoms with Crippen molar-refractivity contribution >= 4 is 5.91 Å². The number of fused-ring (bicyclic) bond motifs is 3. The normalized spacial score (nSPS) is 22.0. The lowest BCUT2D eigenvalue weighted by Gasteiger charge is -2.46. The largest absolute Gasteiger partial charge is 0.486 e. The van der Waals surface area contributed by atoms with Crippen LogP contribution in [0.5, 0.6) is 11.5 Å². The lowest BCUT2D eigenvalue weighted by molar-refractivity contribution is 0.0580. The molecule has 1 atom stereocenters. The van der Waals surface area contributed by atoms with Crippen molar-refractivity contribution < 1.29 is 14.3 Å². The second kappa shape index (κ2) is 6.78. The Morgan fingerprint density at radius 2 is 1.86 bits per heavy atom. The molecule has 0 saturated heterocycles. The van der Waals surface area contributed by atoms with Crippen LogP contribution in [0, 0.1) is 6.92 Å². The standard InChI is InChI=1S/C23H29N3O3/c1-4-26-19(11-15(2)24-26)22(27)25-14-23(7-5-6-8-23)18-13-21-20(28-9-10-29-21)12-17(18)16(25)3/h11-13,16H,4-10,14H2,1-3H3. The van der Waals surface area contributed by atoms with Crippen molar-refractivity contribution in [3.8, 4) is 11.5 Å². The molecule has 3 aliphatic rings. The molecule has 1 aliphatic carbocycles. The zero-order chi connectivity index (χ0) is 20.2. The number of hydrogen-bond acceptors (Lipinski definition) is 4. The zero-order valence-electron chi connectivity index (χ0n) is 17.5. The van der Waals surface area contributed by atoms with Crippen molar-refractivity contribution in [2.75, 3.05) is 19.8 Å². The van der Waals surface area contributed by atoms with Gasteiger partial charge in [-0.3, -0.25) is 9.48 Å². The average molecular weight is 396 g/mol. The molecule has 1 unspecified atom stereocenters. The number of ether oxygens (including phenoxy) is 2. The van der Waals surface area contributed by atoms with Crippen LogP contribution >= 0.6 is 0 Å². The van der Waals surface area contributed by atoms with Crippen molar-refractivity contribution in [2.45, 2.75) is 64.5 Å². The minimum atomic E-state index is -0.0138. The molecule has 0 N–H and O–H groups in total. The summed E-state index contributed by atoms with van der Waals surface area (Å²) >= 11 is 0. The average Bonchev–Trinajstić information content (AvgIpc) is 3.36. The maximum absolute atomic E-state index is 13.7. The summed E-state index contributed by atoms with van der Waals surface area (Å²) in [6.07, 6.45) is 4.64. The highest BCUT2D eigenvalue weighted by Gasteiger charge is 2.46. The van der Waals surface area contributed by atoms with Gasteiger partial charge in [-0.05, 0) is 62.9 Å². The molecule has 154 valence electrons. The first-order valence-corrected chi connectivity index (χ1v) is 10.8. The third-order valence-electron chi connectivity index (χ3n) is 6.92. The number of aromatic nitrogens is 2. The summed E-state index contributed by atoms with van der Waals surface area (Å²) in [7, 11) is 0. The van der Waals surface area contributed by atoms with Crippen molar-refractivity contribution in [1.29, 1.82) is 0 Å². The number of carbonyl (C=O) groups is 1. The Balaban J connectivity index is 1.60. The third-order valence-corrected chi connectivity index (χ3v) is 6.92. The second-order valence-electron chi connectivity index (χ2n) is 8.67. The number of rotatable bonds is 2. The summed E-state index contributed by atoms with van der Waals surface area (Å²) in [6, 6.07) is 6.23. The third kappa shape index (κ3) is 2.83. The van der Waals surface area contributed by atoms with Crippen LogP contribution in [0.2, 0.25) is 0 Å². The van der Waals surface area contributed by atoms with Gasteiger partial charge in [-0.1, -0.05) is 12.8 Å². The van der Waals surface area contributed by atoms with Crippen LogP contribution < -0.4 is 9.47 Å². The predicted octanol–water partition coefficient (Wildman–Crippen LogP) is 4.01. The van der Waals surface area contributed by atoms with Crippen LogP contribution in [0.3, 0.4) is 0 Å². The van der Waals surface area contributed by atoms with E-state index in [2.05, 4.69) is 29.1 Å². The lowest BCUT2D eigenvalue weighted by atomic mass is 9.71. The van der Waals surface area contributed by atoms with Crippen molar-refractivity contribution in [3.05, 3.63) is 40.7 Å². The number of carbonyl (C=O) groups excluding carboxylic acids is 1. The summed E-state index contributed by atoms with van der Waals surface area (Å²) in [5.41, 5.74) is 4.15. The van der Waals surface area contributed by atoms with Gasteiger partial charge in [0.2, 0.25) is 0 Å². The van der Waals surface area contributed by atoms with E-state index >= 15 is 0 Å². The van der Waals surface area contributed by atoms with Crippen LogP contribution in [0.4, 0.5) is 0 Å². The number of benzene rings is 1. The van der Waals surface area contributed by atoms with Gasteiger partial charge in [-0.15, -0.1) is 0 Å². The summed E-state index contributed by atoms with van der Waals surface area (Å²) in [5, 5.41) is 4.49. The van der Waals surface area contributed by atoms with E-state index in [1.165, 1.54) is 24.0 Å². The van der Waals surface area contributed by atoms with E-state index in [1.807, 2.05) is 24.6 Å². The second-order valence-corrected chi connectivity index (χ2v) is 8.67. The maximum atomic E-state index is 13.7. The topological polar surface area (TPSA) is 56.6 Å². The summed E-state index contributed by atoms with van der Waals surface area (Å²) in [5.74, 6) is 1.73. The monoisotopic (exact) mass is 395 g/mol. The Bertz CT molecular complexity index is 959. The molecular formula is C23H29N3O3. The highest BCUT2D eigenvalue weighted by molar-refractivity contribution is 5.93. The number of aryl methyl sites for hydroxylation is 2. The Morgan fingerprint density at radius 3 is 2.55 bits per heavy atom. The highest BCUT2D eigenvalue weighted by Crippen LogP contribution is 2.52. The molecule has 0 radical (unpaired) electrons. The van der Waals surface area contributed by atoms with Gasteiger partial charge >= 0.3 is 0 Å². The smallest absolute Gasteiger partial charge is 0.272 e. The Morgan fingerprint density at radius 1 is 1.17 bits per heavy atom. The van der Waals surface area contributed by atoms with E-state index in [0.717, 1.165) is 36.6 Å². The van der Waals surface area contributed by atoms with E-state index in [1.54, 1.807) is 0 Å². The van der Waals surface area contributed by atoms with Gasteiger partial charge in [0.1, 0.15) is 18.9 Å². The van der Waals surface area contributed by atoms with Crippen LogP contribution in [-0.4, -0.2) is 40.3 Å². The molecule has 5 rings (SSSR count). The fourth-order valence-electron chi connectivity index (χ4n) is 5.46. The van der Waals surface area contributed by atoms with Gasteiger partial charge in [-0.2, -0.15) is 5.10 Å². The van der Waals surface area contributed by atoms with Crippen LogP contribution in [0.15, 0.2) is 18.2 Å². The first-order valence-electron chi connectivity index (χ1n) is 10.8. The summed E-state index contributed by atoms with van der Waals surface area (Å²) < 4.78 is 13.6. The van der Waals surface area contributed by atoms with Crippen LogP contribution in [0.1, 0.15) is 72.9 Å². The molecule has 1 aromatic carbocycles. The first-order chi connectivity index (χ1) is 14.0. The molecule has 2 aromatic rings. The van der Waals surface area contributed by atoms with Gasteiger partial charge in [0.05, 0.1) is 11.7 Å². The highest BCUT2D eigenvalue weighted by atomic mass is 16.6. The van der Waals surface area contributed by atoms with Crippen molar-refractivity contribution in [1.82, 2.24) is 14.7 Å². The predicted molar refractivity (Wildman–Crippen MR) is 110 cm³/mol. The summed E-state index contributed by atoms with van der Waals surface area (Å²) in [6.45, 7) is 8.72. The quantitative estimate of drug-likeness (QED) is 0.771. The summed E-state index contributed by atoms with van der Waals surface area (Å²) in [4.78, 5) is 15.7. The van der Waals surface area contributed by atoms with Gasteiger partial charge < -0.3 is 14.4 Å². The molecular weight excluding hydrogens is 366 g/mol. The fourth-order valence-corrected chi connectivity index (χ4v) is 5.46. The molecule has 1 amide bonds. The Hall–Kier alpha value is -2.50. The maximum Gasteiger partial charge on any atom is 0.272 e. The zero-order valence-corrected chi connectivity index (χ0v) is 17.5. The molecule has 1 saturated carbocycles. The van der Waals surface area contributed by atoms with E-state index in [0.29, 0.717) is 25.5 Å². The molecule has 6 nitrogen and oxygen atoms in total. The van der Waals surface area contributed by atoms with E-state index in [-0.39, 0.29) is 17.4 Å². The van der Waals surface area contributed by atoms with E-state index in [9.17, 15) is 4.79 Å². The minimum absolute atomic E-state index is 0.0133. The number of hydrogen-bond donors (Lipinski definition) is 0. The van der Waals surface area contributed by atoms with Gasteiger partial charge in [0.15, 0.2) is 11.5 Å². The molecule has 29 heavy (non-hydrogen) atoms.